The fourth-order valence-corrected chi connectivity index (χ4v) is 2.77. The summed E-state index contributed by atoms with van der Waals surface area (Å²) in [5.41, 5.74) is 2.31. The molecule has 3 nitrogen and oxygen atoms in total. The van der Waals surface area contributed by atoms with Crippen molar-refractivity contribution in [2.24, 2.45) is 0 Å². The third-order valence-corrected chi connectivity index (χ3v) is 3.73. The lowest BCUT2D eigenvalue weighted by atomic mass is 10.1. The van der Waals surface area contributed by atoms with E-state index in [0.29, 0.717) is 0 Å². The normalized spacial score (nSPS) is 12.6. The molecule has 1 N–H and O–H groups in total. The Hall–Kier alpha value is -1.26. The molecule has 0 radical (unpaired) electrons. The van der Waals surface area contributed by atoms with E-state index in [1.54, 1.807) is 23.7 Å². The quantitative estimate of drug-likeness (QED) is 0.882. The van der Waals surface area contributed by atoms with Crippen LogP contribution in [0.3, 0.4) is 0 Å². The Kier molecular flexibility index (Phi) is 4.23. The Bertz CT molecular complexity index is 453. The first kappa shape index (κ1) is 12.2. The van der Waals surface area contributed by atoms with Crippen LogP contribution in [0.1, 0.15) is 35.5 Å². The van der Waals surface area contributed by atoms with Gasteiger partial charge in [-0.15, -0.1) is 11.3 Å². The van der Waals surface area contributed by atoms with E-state index < -0.39 is 0 Å². The SMILES string of the molecule is CCCNC(c1cnccn1)c1sccc1C. The number of nitrogens with one attached hydrogen (secondary N) is 1. The molecule has 0 aromatic carbocycles. The van der Waals surface area contributed by atoms with Crippen LogP contribution in [0, 0.1) is 6.92 Å². The van der Waals surface area contributed by atoms with Crippen LogP contribution in [0.2, 0.25) is 0 Å². The molecule has 0 spiro atoms. The zero-order valence-corrected chi connectivity index (χ0v) is 11.0. The molecule has 2 heterocycles. The zero-order chi connectivity index (χ0) is 12.1. The number of aryl methyl sites for hydroxylation is 1. The van der Waals surface area contributed by atoms with Crippen molar-refractivity contribution < 1.29 is 0 Å². The van der Waals surface area contributed by atoms with Gasteiger partial charge in [0.05, 0.1) is 17.9 Å². The lowest BCUT2D eigenvalue weighted by Gasteiger charge is -2.17. The van der Waals surface area contributed by atoms with Gasteiger partial charge in [-0.3, -0.25) is 9.97 Å². The van der Waals surface area contributed by atoms with Crippen LogP contribution < -0.4 is 5.32 Å². The van der Waals surface area contributed by atoms with Crippen molar-refractivity contribution in [2.75, 3.05) is 6.54 Å². The molecular formula is C13H17N3S. The average Bonchev–Trinajstić information content (AvgIpc) is 2.78. The van der Waals surface area contributed by atoms with Crippen molar-refractivity contribution in [3.63, 3.8) is 0 Å². The molecule has 2 aromatic heterocycles. The highest BCUT2D eigenvalue weighted by atomic mass is 32.1. The summed E-state index contributed by atoms with van der Waals surface area (Å²) in [5.74, 6) is 0. The molecule has 2 rings (SSSR count). The van der Waals surface area contributed by atoms with Gasteiger partial charge in [-0.25, -0.2) is 0 Å². The topological polar surface area (TPSA) is 37.8 Å². The van der Waals surface area contributed by atoms with Crippen LogP contribution in [0.4, 0.5) is 0 Å². The number of thiophene rings is 1. The average molecular weight is 247 g/mol. The summed E-state index contributed by atoms with van der Waals surface area (Å²) < 4.78 is 0. The molecule has 0 bridgehead atoms. The molecular weight excluding hydrogens is 230 g/mol. The van der Waals surface area contributed by atoms with Crippen LogP contribution in [0.5, 0.6) is 0 Å². The van der Waals surface area contributed by atoms with Gasteiger partial charge in [0.15, 0.2) is 0 Å². The molecule has 17 heavy (non-hydrogen) atoms. The van der Waals surface area contributed by atoms with E-state index in [9.17, 15) is 0 Å². The van der Waals surface area contributed by atoms with Gasteiger partial charge in [0.25, 0.3) is 0 Å². The first-order valence-corrected chi connectivity index (χ1v) is 6.74. The van der Waals surface area contributed by atoms with Crippen molar-refractivity contribution in [1.82, 2.24) is 15.3 Å². The standard InChI is InChI=1S/C13H17N3S/c1-3-5-16-12(11-9-14-6-7-15-11)13-10(2)4-8-17-13/h4,6-9,12,16H,3,5H2,1-2H3. The summed E-state index contributed by atoms with van der Waals surface area (Å²) in [5, 5.41) is 5.66. The number of aromatic nitrogens is 2. The van der Waals surface area contributed by atoms with Gasteiger partial charge in [0.1, 0.15) is 0 Å². The van der Waals surface area contributed by atoms with Gasteiger partial charge < -0.3 is 5.32 Å². The molecule has 90 valence electrons. The van der Waals surface area contributed by atoms with E-state index in [4.69, 9.17) is 0 Å². The van der Waals surface area contributed by atoms with Crippen LogP contribution in [0.25, 0.3) is 0 Å². The Labute approximate surface area is 106 Å². The summed E-state index contributed by atoms with van der Waals surface area (Å²) in [4.78, 5) is 9.90. The number of hydrogen-bond acceptors (Lipinski definition) is 4. The highest BCUT2D eigenvalue weighted by Gasteiger charge is 2.17. The molecule has 0 aliphatic heterocycles. The first-order valence-electron chi connectivity index (χ1n) is 5.86. The lowest BCUT2D eigenvalue weighted by Crippen LogP contribution is -2.23. The van der Waals surface area contributed by atoms with Crippen LogP contribution in [0.15, 0.2) is 30.0 Å². The molecule has 0 amide bonds. The summed E-state index contributed by atoms with van der Waals surface area (Å²) in [6, 6.07) is 2.32. The van der Waals surface area contributed by atoms with Crippen molar-refractivity contribution in [3.8, 4) is 0 Å². The predicted octanol–water partition coefficient (Wildman–Crippen LogP) is 2.94. The molecule has 4 heteroatoms. The predicted molar refractivity (Wildman–Crippen MR) is 71.2 cm³/mol. The second kappa shape index (κ2) is 5.89. The fourth-order valence-electron chi connectivity index (χ4n) is 1.76. The van der Waals surface area contributed by atoms with Gasteiger partial charge in [-0.1, -0.05) is 6.92 Å². The largest absolute Gasteiger partial charge is 0.304 e. The van der Waals surface area contributed by atoms with E-state index >= 15 is 0 Å². The van der Waals surface area contributed by atoms with E-state index in [1.165, 1.54) is 10.4 Å². The Morgan fingerprint density at radius 2 is 2.29 bits per heavy atom. The van der Waals surface area contributed by atoms with E-state index in [1.807, 2.05) is 6.20 Å². The molecule has 1 unspecified atom stereocenters. The van der Waals surface area contributed by atoms with Crippen molar-refractivity contribution in [1.29, 1.82) is 0 Å². The Morgan fingerprint density at radius 3 is 2.88 bits per heavy atom. The van der Waals surface area contributed by atoms with Gasteiger partial charge in [0.2, 0.25) is 0 Å². The molecule has 0 saturated heterocycles. The molecule has 0 fully saturated rings. The third-order valence-electron chi connectivity index (χ3n) is 2.64. The molecule has 0 aliphatic rings. The molecule has 0 aliphatic carbocycles. The van der Waals surface area contributed by atoms with E-state index in [0.717, 1.165) is 18.7 Å². The maximum atomic E-state index is 4.41. The minimum atomic E-state index is 0.170. The van der Waals surface area contributed by atoms with E-state index in [-0.39, 0.29) is 6.04 Å². The Balaban J connectivity index is 2.29. The molecule has 1 atom stereocenters. The molecule has 0 saturated carbocycles. The van der Waals surface area contributed by atoms with Gasteiger partial charge in [0, 0.05) is 17.3 Å². The minimum Gasteiger partial charge on any atom is -0.304 e. The number of hydrogen-bond donors (Lipinski definition) is 1. The highest BCUT2D eigenvalue weighted by Crippen LogP contribution is 2.27. The van der Waals surface area contributed by atoms with Crippen molar-refractivity contribution in [3.05, 3.63) is 46.2 Å². The first-order chi connectivity index (χ1) is 8.33. The monoisotopic (exact) mass is 247 g/mol. The molecule has 2 aromatic rings. The third kappa shape index (κ3) is 2.90. The number of nitrogens with zero attached hydrogens (tertiary/aromatic N) is 2. The zero-order valence-electron chi connectivity index (χ0n) is 10.2. The van der Waals surface area contributed by atoms with Crippen LogP contribution >= 0.6 is 11.3 Å². The summed E-state index contributed by atoms with van der Waals surface area (Å²) in [6.45, 7) is 5.30. The summed E-state index contributed by atoms with van der Waals surface area (Å²) in [7, 11) is 0. The summed E-state index contributed by atoms with van der Waals surface area (Å²) >= 11 is 1.77. The Morgan fingerprint density at radius 1 is 1.41 bits per heavy atom. The maximum Gasteiger partial charge on any atom is 0.0863 e. The van der Waals surface area contributed by atoms with E-state index in [2.05, 4.69) is 40.6 Å². The smallest absolute Gasteiger partial charge is 0.0863 e. The van der Waals surface area contributed by atoms with Gasteiger partial charge in [-0.2, -0.15) is 0 Å². The van der Waals surface area contributed by atoms with Crippen LogP contribution in [-0.2, 0) is 0 Å². The minimum absolute atomic E-state index is 0.170. The van der Waals surface area contributed by atoms with Crippen LogP contribution in [-0.4, -0.2) is 16.5 Å². The maximum absolute atomic E-state index is 4.41. The second-order valence-electron chi connectivity index (χ2n) is 3.99. The second-order valence-corrected chi connectivity index (χ2v) is 4.93. The van der Waals surface area contributed by atoms with Crippen molar-refractivity contribution >= 4 is 11.3 Å². The summed E-state index contributed by atoms with van der Waals surface area (Å²) in [6.07, 6.45) is 6.41. The highest BCUT2D eigenvalue weighted by molar-refractivity contribution is 7.10. The lowest BCUT2D eigenvalue weighted by molar-refractivity contribution is 0.589. The van der Waals surface area contributed by atoms with Gasteiger partial charge in [-0.05, 0) is 36.9 Å². The fraction of sp³-hybridized carbons (Fsp3) is 0.385. The number of rotatable bonds is 5. The van der Waals surface area contributed by atoms with Gasteiger partial charge >= 0.3 is 0 Å². The van der Waals surface area contributed by atoms with Crippen molar-refractivity contribution in [2.45, 2.75) is 26.3 Å².